The van der Waals surface area contributed by atoms with E-state index in [0.29, 0.717) is 11.1 Å². The molecule has 4 aromatic carbocycles. The fourth-order valence-corrected chi connectivity index (χ4v) is 3.31. The largest absolute Gasteiger partial charge is 0.478 e. The van der Waals surface area contributed by atoms with E-state index in [4.69, 9.17) is 10.2 Å². The maximum atomic E-state index is 10.9. The van der Waals surface area contributed by atoms with Crippen LogP contribution in [0.1, 0.15) is 31.8 Å². The molecule has 0 bridgehead atoms. The summed E-state index contributed by atoms with van der Waals surface area (Å²) in [7, 11) is 0. The summed E-state index contributed by atoms with van der Waals surface area (Å²) in [5.74, 6) is -1.75. The van der Waals surface area contributed by atoms with Gasteiger partial charge in [0.15, 0.2) is 0 Å². The maximum absolute atomic E-state index is 10.9. The van der Waals surface area contributed by atoms with Gasteiger partial charge in [0.2, 0.25) is 0 Å². The fourth-order valence-electron chi connectivity index (χ4n) is 3.31. The number of hydrogen-bond donors (Lipinski definition) is 2. The Morgan fingerprint density at radius 1 is 0.552 bits per heavy atom. The second-order valence-corrected chi connectivity index (χ2v) is 6.56. The van der Waals surface area contributed by atoms with Crippen LogP contribution in [0.25, 0.3) is 21.5 Å². The first-order valence-electron chi connectivity index (χ1n) is 8.83. The maximum Gasteiger partial charge on any atom is 0.336 e. The van der Waals surface area contributed by atoms with Crippen molar-refractivity contribution in [2.24, 2.45) is 0 Å². The van der Waals surface area contributed by atoms with Crippen LogP contribution in [0.5, 0.6) is 0 Å². The summed E-state index contributed by atoms with van der Waals surface area (Å²) in [5, 5.41) is 21.6. The number of carboxylic acid groups (broad SMARTS) is 2. The smallest absolute Gasteiger partial charge is 0.336 e. The molecule has 4 rings (SSSR count). The summed E-state index contributed by atoms with van der Waals surface area (Å²) >= 11 is 0. The third kappa shape index (κ3) is 4.69. The summed E-state index contributed by atoms with van der Waals surface area (Å²) in [6.07, 6.45) is 0. The zero-order valence-corrected chi connectivity index (χ0v) is 19.3. The number of carbonyl (C=O) groups is 2. The predicted octanol–water partition coefficient (Wildman–Crippen LogP) is 5.69. The Labute approximate surface area is 181 Å². The number of hydrogen-bond acceptors (Lipinski definition) is 2. The molecular formula is C24H20O4Zn. The van der Waals surface area contributed by atoms with Crippen molar-refractivity contribution >= 4 is 33.5 Å². The summed E-state index contributed by atoms with van der Waals surface area (Å²) in [6.45, 7) is 3.96. The zero-order chi connectivity index (χ0) is 20.3. The molecule has 0 heterocycles. The van der Waals surface area contributed by atoms with Crippen LogP contribution in [0, 0.1) is 13.8 Å². The van der Waals surface area contributed by atoms with Crippen molar-refractivity contribution in [2.75, 3.05) is 0 Å². The van der Waals surface area contributed by atoms with E-state index in [1.54, 1.807) is 24.3 Å². The molecule has 2 N–H and O–H groups in total. The molecule has 0 aromatic heterocycles. The van der Waals surface area contributed by atoms with Crippen molar-refractivity contribution in [1.82, 2.24) is 0 Å². The van der Waals surface area contributed by atoms with E-state index in [9.17, 15) is 9.59 Å². The summed E-state index contributed by atoms with van der Waals surface area (Å²) in [5.41, 5.74) is 2.94. The fraction of sp³-hybridized carbons (Fsp3) is 0.0833. The Balaban J connectivity index is 0.000000200. The van der Waals surface area contributed by atoms with Gasteiger partial charge in [-0.3, -0.25) is 0 Å². The first kappa shape index (κ1) is 22.3. The van der Waals surface area contributed by atoms with Crippen molar-refractivity contribution in [1.29, 1.82) is 0 Å². The number of aryl methyl sites for hydroxylation is 2. The predicted molar refractivity (Wildman–Crippen MR) is 111 cm³/mol. The topological polar surface area (TPSA) is 74.6 Å². The van der Waals surface area contributed by atoms with E-state index in [0.717, 1.165) is 32.7 Å². The molecular weight excluding hydrogens is 418 g/mol. The van der Waals surface area contributed by atoms with Gasteiger partial charge in [0.1, 0.15) is 0 Å². The van der Waals surface area contributed by atoms with E-state index >= 15 is 0 Å². The monoisotopic (exact) mass is 436 g/mol. The molecule has 4 nitrogen and oxygen atoms in total. The molecule has 5 heteroatoms. The molecule has 29 heavy (non-hydrogen) atoms. The van der Waals surface area contributed by atoms with Crippen LogP contribution in [0.4, 0.5) is 0 Å². The SMILES string of the molecule is Cc1cccc2c(C(=O)O)cccc12.Cc1cccc2c(C(=O)O)cccc12.[Zn]. The van der Waals surface area contributed by atoms with Crippen LogP contribution in [0.15, 0.2) is 72.8 Å². The number of fused-ring (bicyclic) bond motifs is 2. The molecule has 0 atom stereocenters. The van der Waals surface area contributed by atoms with Gasteiger partial charge in [-0.15, -0.1) is 0 Å². The Hall–Kier alpha value is -3.04. The Morgan fingerprint density at radius 2 is 0.862 bits per heavy atom. The molecule has 0 fully saturated rings. The summed E-state index contributed by atoms with van der Waals surface area (Å²) in [6, 6.07) is 22.1. The van der Waals surface area contributed by atoms with Gasteiger partial charge in [0.05, 0.1) is 11.1 Å². The number of aromatic carboxylic acids is 2. The second-order valence-electron chi connectivity index (χ2n) is 6.56. The van der Waals surface area contributed by atoms with Gasteiger partial charge in [-0.05, 0) is 58.7 Å². The van der Waals surface area contributed by atoms with Gasteiger partial charge in [-0.25, -0.2) is 9.59 Å². The minimum atomic E-state index is -0.874. The normalized spacial score (nSPS) is 10.0. The average Bonchev–Trinajstić information content (AvgIpc) is 2.68. The van der Waals surface area contributed by atoms with E-state index in [2.05, 4.69) is 0 Å². The molecule has 0 amide bonds. The van der Waals surface area contributed by atoms with Crippen molar-refractivity contribution in [3.63, 3.8) is 0 Å². The van der Waals surface area contributed by atoms with Gasteiger partial charge >= 0.3 is 11.9 Å². The van der Waals surface area contributed by atoms with Crippen LogP contribution in [0.3, 0.4) is 0 Å². The molecule has 0 aliphatic heterocycles. The minimum absolute atomic E-state index is 0. The van der Waals surface area contributed by atoms with Gasteiger partial charge in [0, 0.05) is 19.5 Å². The molecule has 0 radical (unpaired) electrons. The standard InChI is InChI=1S/2C12H10O2.Zn/c2*1-8-4-2-6-10-9(8)5-3-7-11(10)12(13)14;/h2*2-7H,1H3,(H,13,14);. The summed E-state index contributed by atoms with van der Waals surface area (Å²) in [4.78, 5) is 21.9. The first-order valence-corrected chi connectivity index (χ1v) is 8.83. The molecule has 0 saturated carbocycles. The molecule has 0 aliphatic rings. The molecule has 0 saturated heterocycles. The number of benzene rings is 4. The Kier molecular flexibility index (Phi) is 7.25. The van der Waals surface area contributed by atoms with E-state index < -0.39 is 11.9 Å². The quantitative estimate of drug-likeness (QED) is 0.395. The Morgan fingerprint density at radius 3 is 1.21 bits per heavy atom. The second kappa shape index (κ2) is 9.44. The first-order chi connectivity index (χ1) is 13.4. The van der Waals surface area contributed by atoms with E-state index in [1.807, 2.05) is 62.4 Å². The van der Waals surface area contributed by atoms with E-state index in [1.165, 1.54) is 0 Å². The number of rotatable bonds is 2. The van der Waals surface area contributed by atoms with Crippen molar-refractivity contribution < 1.29 is 39.3 Å². The van der Waals surface area contributed by atoms with Crippen LogP contribution >= 0.6 is 0 Å². The van der Waals surface area contributed by atoms with Gasteiger partial charge < -0.3 is 10.2 Å². The van der Waals surface area contributed by atoms with Gasteiger partial charge in [-0.1, -0.05) is 60.7 Å². The molecule has 0 aliphatic carbocycles. The third-order valence-electron chi connectivity index (χ3n) is 4.74. The molecule has 0 spiro atoms. The number of carboxylic acids is 2. The van der Waals surface area contributed by atoms with Gasteiger partial charge in [0.25, 0.3) is 0 Å². The van der Waals surface area contributed by atoms with Crippen molar-refractivity contribution in [2.45, 2.75) is 13.8 Å². The third-order valence-corrected chi connectivity index (χ3v) is 4.74. The molecule has 142 valence electrons. The van der Waals surface area contributed by atoms with Crippen LogP contribution < -0.4 is 0 Å². The van der Waals surface area contributed by atoms with Crippen molar-refractivity contribution in [3.8, 4) is 0 Å². The van der Waals surface area contributed by atoms with Crippen LogP contribution in [-0.2, 0) is 19.5 Å². The average molecular weight is 438 g/mol. The van der Waals surface area contributed by atoms with Crippen molar-refractivity contribution in [3.05, 3.63) is 95.1 Å². The Bertz CT molecular complexity index is 1100. The zero-order valence-electron chi connectivity index (χ0n) is 16.3. The molecule has 0 unspecified atom stereocenters. The minimum Gasteiger partial charge on any atom is -0.478 e. The van der Waals surface area contributed by atoms with Gasteiger partial charge in [-0.2, -0.15) is 0 Å². The van der Waals surface area contributed by atoms with Crippen LogP contribution in [-0.4, -0.2) is 22.2 Å². The van der Waals surface area contributed by atoms with E-state index in [-0.39, 0.29) is 19.5 Å². The van der Waals surface area contributed by atoms with Crippen LogP contribution in [0.2, 0.25) is 0 Å². The summed E-state index contributed by atoms with van der Waals surface area (Å²) < 4.78 is 0. The molecule has 4 aromatic rings.